The highest BCUT2D eigenvalue weighted by Gasteiger charge is 2.39. The fraction of sp³-hybridized carbons (Fsp3) is 0.457. The third-order valence-electron chi connectivity index (χ3n) is 13.0. The summed E-state index contributed by atoms with van der Waals surface area (Å²) in [6.07, 6.45) is 7.77. The highest BCUT2D eigenvalue weighted by Crippen LogP contribution is 2.44. The molecule has 0 aliphatic carbocycles. The van der Waals surface area contributed by atoms with Gasteiger partial charge in [0.25, 0.3) is 0 Å². The first kappa shape index (κ1) is 36.1. The Balaban J connectivity index is 1.22. The monoisotopic (exact) mass is 728 g/mol. The first-order chi connectivity index (χ1) is 25.8. The van der Waals surface area contributed by atoms with Gasteiger partial charge in [-0.3, -0.25) is 0 Å². The summed E-state index contributed by atoms with van der Waals surface area (Å²) in [4.78, 5) is 28.2. The van der Waals surface area contributed by atoms with Crippen LogP contribution in [0.3, 0.4) is 0 Å². The van der Waals surface area contributed by atoms with Crippen LogP contribution in [-0.2, 0) is 21.7 Å². The Bertz CT molecular complexity index is 2250. The van der Waals surface area contributed by atoms with E-state index in [1.165, 1.54) is 51.6 Å². The number of nitrogens with one attached hydrogen (secondary N) is 4. The van der Waals surface area contributed by atoms with Crippen molar-refractivity contribution in [1.82, 2.24) is 19.9 Å². The Morgan fingerprint density at radius 1 is 0.519 bits per heavy atom. The van der Waals surface area contributed by atoms with Gasteiger partial charge in [-0.25, -0.2) is 4.79 Å². The van der Waals surface area contributed by atoms with Gasteiger partial charge in [-0.1, -0.05) is 25.7 Å². The lowest BCUT2D eigenvalue weighted by Crippen LogP contribution is -2.29. The molecular formula is C46H56N4O4. The number of hydrogen-bond acceptors (Lipinski definition) is 4. The Morgan fingerprint density at radius 2 is 0.944 bits per heavy atom. The van der Waals surface area contributed by atoms with Gasteiger partial charge in [0, 0.05) is 85.4 Å². The average Bonchev–Trinajstić information content (AvgIpc) is 3.96. The van der Waals surface area contributed by atoms with Crippen LogP contribution in [0, 0.1) is 6.92 Å². The molecule has 6 aromatic rings. The van der Waals surface area contributed by atoms with Crippen LogP contribution < -0.4 is 15.1 Å². The smallest absolute Gasteiger partial charge is 0.336 e. The number of benzene rings is 1. The molecule has 0 atom stereocenters. The quantitative estimate of drug-likeness (QED) is 0.117. The van der Waals surface area contributed by atoms with Crippen molar-refractivity contribution in [3.8, 4) is 11.5 Å². The summed E-state index contributed by atoms with van der Waals surface area (Å²) in [5.74, 6) is 1.36. The summed E-state index contributed by atoms with van der Waals surface area (Å²) in [6, 6.07) is 23.7. The molecule has 12 bridgehead atoms. The maximum absolute atomic E-state index is 12.3. The molecule has 54 heavy (non-hydrogen) atoms. The summed E-state index contributed by atoms with van der Waals surface area (Å²) in [7, 11) is 0. The van der Waals surface area contributed by atoms with E-state index in [1.54, 1.807) is 0 Å². The predicted molar refractivity (Wildman–Crippen MR) is 215 cm³/mol. The number of H-pyrrole nitrogens is 4. The highest BCUT2D eigenvalue weighted by atomic mass is 16.5. The molecule has 0 saturated carbocycles. The van der Waals surface area contributed by atoms with Crippen LogP contribution in [0.25, 0.3) is 11.0 Å². The van der Waals surface area contributed by atoms with Crippen molar-refractivity contribution in [1.29, 1.82) is 0 Å². The highest BCUT2D eigenvalue weighted by molar-refractivity contribution is 5.88. The van der Waals surface area contributed by atoms with Crippen LogP contribution in [0.2, 0.25) is 0 Å². The summed E-state index contributed by atoms with van der Waals surface area (Å²) in [6.45, 7) is 17.1. The molecule has 8 heterocycles. The van der Waals surface area contributed by atoms with Gasteiger partial charge < -0.3 is 33.8 Å². The maximum Gasteiger partial charge on any atom is 0.336 e. The standard InChI is InChI=1S/C46H56N4O4/c1-29-26-41(51)54-32-28-30-27-31(42(29)32)53-25-13-9-11-23-46(7)39-20-16-35(49-39)43(2,3)33-14-18-37(47-33)45(6,22-10-8-12-24-52-30)38-19-15-34(48-38)44(4,5)36-17-21-40(46)50-36/h14-21,26-28,47-50H,8-13,22-25H2,1-7H3. The molecule has 8 heteroatoms. The summed E-state index contributed by atoms with van der Waals surface area (Å²) >= 11 is 0. The minimum atomic E-state index is -0.368. The molecule has 0 unspecified atom stereocenters. The molecule has 8 nitrogen and oxygen atoms in total. The number of aromatic nitrogens is 4. The lowest BCUT2D eigenvalue weighted by atomic mass is 9.78. The van der Waals surface area contributed by atoms with E-state index in [0.717, 1.165) is 62.3 Å². The molecule has 0 saturated heterocycles. The Labute approximate surface area is 318 Å². The fourth-order valence-corrected chi connectivity index (χ4v) is 8.95. The topological polar surface area (TPSA) is 112 Å². The predicted octanol–water partition coefficient (Wildman–Crippen LogP) is 10.6. The Kier molecular flexibility index (Phi) is 9.01. The largest absolute Gasteiger partial charge is 0.493 e. The van der Waals surface area contributed by atoms with E-state index in [-0.39, 0.29) is 27.3 Å². The van der Waals surface area contributed by atoms with E-state index in [1.807, 2.05) is 19.1 Å². The van der Waals surface area contributed by atoms with Crippen LogP contribution >= 0.6 is 0 Å². The third-order valence-corrected chi connectivity index (χ3v) is 13.0. The van der Waals surface area contributed by atoms with Gasteiger partial charge in [0.05, 0.1) is 18.6 Å². The van der Waals surface area contributed by atoms with Crippen molar-refractivity contribution < 1.29 is 13.9 Å². The van der Waals surface area contributed by atoms with Crippen molar-refractivity contribution in [2.45, 2.75) is 121 Å². The van der Waals surface area contributed by atoms with Gasteiger partial charge in [-0.05, 0) is 128 Å². The molecule has 284 valence electrons. The van der Waals surface area contributed by atoms with Crippen molar-refractivity contribution >= 4 is 11.0 Å². The average molecular weight is 729 g/mol. The molecule has 1 aromatic carbocycles. The van der Waals surface area contributed by atoms with E-state index < -0.39 is 0 Å². The van der Waals surface area contributed by atoms with E-state index in [2.05, 4.69) is 110 Å². The SMILES string of the molecule is Cc1cc(=O)oc2cc3cc(c12)OCCCCCC1(C)c2ccc([nH]2)C(C)(C)c2ccc([nH]2)C(C)(CCCCCO3)c2ccc([nH]2)C(C)(C)c2ccc1[nH]2. The molecule has 9 rings (SSSR count). The van der Waals surface area contributed by atoms with Gasteiger partial charge in [0.2, 0.25) is 0 Å². The first-order valence-corrected chi connectivity index (χ1v) is 19.9. The van der Waals surface area contributed by atoms with E-state index >= 15 is 0 Å². The van der Waals surface area contributed by atoms with Crippen molar-refractivity contribution in [3.63, 3.8) is 0 Å². The second kappa shape index (κ2) is 13.5. The number of aromatic amines is 4. The Hall–Kier alpha value is -4.85. The van der Waals surface area contributed by atoms with Crippen molar-refractivity contribution in [2.24, 2.45) is 0 Å². The number of aryl methyl sites for hydroxylation is 1. The zero-order valence-electron chi connectivity index (χ0n) is 33.1. The molecule has 0 spiro atoms. The minimum absolute atomic E-state index is 0.261. The van der Waals surface area contributed by atoms with Gasteiger partial charge in [0.15, 0.2) is 0 Å². The molecule has 3 aliphatic heterocycles. The number of fused-ring (bicyclic) bond motifs is 11. The minimum Gasteiger partial charge on any atom is -0.493 e. The second-order valence-corrected chi connectivity index (χ2v) is 17.4. The molecule has 0 radical (unpaired) electrons. The van der Waals surface area contributed by atoms with Crippen LogP contribution in [0.15, 0.2) is 75.9 Å². The van der Waals surface area contributed by atoms with Gasteiger partial charge in [-0.15, -0.1) is 0 Å². The summed E-state index contributed by atoms with van der Waals surface area (Å²) in [5.41, 5.74) is 9.57. The second-order valence-electron chi connectivity index (χ2n) is 17.4. The fourth-order valence-electron chi connectivity index (χ4n) is 8.95. The lowest BCUT2D eigenvalue weighted by Gasteiger charge is -2.31. The van der Waals surface area contributed by atoms with Crippen molar-refractivity contribution in [2.75, 3.05) is 13.2 Å². The zero-order valence-corrected chi connectivity index (χ0v) is 33.1. The number of rotatable bonds is 0. The third kappa shape index (κ3) is 6.21. The van der Waals surface area contributed by atoms with Gasteiger partial charge in [0.1, 0.15) is 17.1 Å². The van der Waals surface area contributed by atoms with Crippen LogP contribution in [-0.4, -0.2) is 33.1 Å². The van der Waals surface area contributed by atoms with Crippen molar-refractivity contribution in [3.05, 3.63) is 128 Å². The first-order valence-electron chi connectivity index (χ1n) is 19.9. The van der Waals surface area contributed by atoms with Crippen LogP contribution in [0.1, 0.15) is 144 Å². The van der Waals surface area contributed by atoms with Crippen LogP contribution in [0.4, 0.5) is 0 Å². The van der Waals surface area contributed by atoms with Crippen LogP contribution in [0.5, 0.6) is 11.5 Å². The lowest BCUT2D eigenvalue weighted by molar-refractivity contribution is 0.289. The molecule has 4 N–H and O–H groups in total. The molecule has 3 aliphatic rings. The summed E-state index contributed by atoms with van der Waals surface area (Å²) < 4.78 is 18.4. The maximum atomic E-state index is 12.3. The van der Waals surface area contributed by atoms with E-state index in [9.17, 15) is 4.79 Å². The van der Waals surface area contributed by atoms with Gasteiger partial charge >= 0.3 is 5.63 Å². The summed E-state index contributed by atoms with van der Waals surface area (Å²) in [5, 5.41) is 0.826. The zero-order chi connectivity index (χ0) is 37.9. The normalized spacial score (nSPS) is 23.2. The molecule has 5 aromatic heterocycles. The Morgan fingerprint density at radius 3 is 1.41 bits per heavy atom. The van der Waals surface area contributed by atoms with E-state index in [4.69, 9.17) is 13.9 Å². The number of hydrogen-bond donors (Lipinski definition) is 4. The number of ether oxygens (including phenoxy) is 2. The molecule has 0 amide bonds. The molecule has 0 fully saturated rings. The molecular weight excluding hydrogens is 673 g/mol. The van der Waals surface area contributed by atoms with E-state index in [0.29, 0.717) is 30.3 Å². The van der Waals surface area contributed by atoms with Gasteiger partial charge in [-0.2, -0.15) is 0 Å².